The van der Waals surface area contributed by atoms with Crippen molar-refractivity contribution in [2.45, 2.75) is 25.1 Å². The lowest BCUT2D eigenvalue weighted by Gasteiger charge is -2.29. The summed E-state index contributed by atoms with van der Waals surface area (Å²) in [7, 11) is 3.38. The van der Waals surface area contributed by atoms with Gasteiger partial charge in [-0.2, -0.15) is 23.4 Å². The second-order valence-electron chi connectivity index (χ2n) is 6.63. The van der Waals surface area contributed by atoms with E-state index in [9.17, 15) is 18.4 Å². The van der Waals surface area contributed by atoms with Crippen molar-refractivity contribution in [1.82, 2.24) is 19.9 Å². The minimum Gasteiger partial charge on any atom is -0.487 e. The van der Waals surface area contributed by atoms with E-state index in [1.165, 1.54) is 13.2 Å². The molecule has 2 aromatic heterocycles. The first-order valence-electron chi connectivity index (χ1n) is 8.94. The Hall–Kier alpha value is -3.13. The van der Waals surface area contributed by atoms with Crippen LogP contribution in [-0.2, 0) is 6.18 Å². The molecular formula is C18H20F3N7O. The van der Waals surface area contributed by atoms with E-state index in [1.54, 1.807) is 6.07 Å². The minimum absolute atomic E-state index is 0.0337. The molecule has 0 spiro atoms. The number of alkyl halides is 3. The van der Waals surface area contributed by atoms with Crippen LogP contribution in [0.2, 0.25) is 0 Å². The summed E-state index contributed by atoms with van der Waals surface area (Å²) in [5.41, 5.74) is -0.428. The number of hydrogen-bond acceptors (Lipinski definition) is 8. The fraction of sp³-hybridized carbons (Fsp3) is 0.444. The average molecular weight is 407 g/mol. The SMILES string of the molecule is CNc1nc(Nc2cnc(C#N)c(OC3CCN(C)CC3)c2)ncc1C(F)(F)F. The van der Waals surface area contributed by atoms with Crippen LogP contribution in [0.3, 0.4) is 0 Å². The van der Waals surface area contributed by atoms with Gasteiger partial charge < -0.3 is 20.3 Å². The molecule has 29 heavy (non-hydrogen) atoms. The molecule has 1 fully saturated rings. The maximum absolute atomic E-state index is 13.0. The number of anilines is 3. The predicted molar refractivity (Wildman–Crippen MR) is 100.0 cm³/mol. The molecule has 8 nitrogen and oxygen atoms in total. The van der Waals surface area contributed by atoms with Crippen LogP contribution in [0.5, 0.6) is 5.75 Å². The number of rotatable bonds is 5. The third kappa shape index (κ3) is 5.03. The van der Waals surface area contributed by atoms with Crippen LogP contribution in [-0.4, -0.2) is 53.1 Å². The van der Waals surface area contributed by atoms with Crippen LogP contribution >= 0.6 is 0 Å². The lowest BCUT2D eigenvalue weighted by molar-refractivity contribution is -0.137. The Morgan fingerprint density at radius 3 is 2.59 bits per heavy atom. The van der Waals surface area contributed by atoms with Gasteiger partial charge in [0.1, 0.15) is 23.6 Å². The molecule has 0 aromatic carbocycles. The van der Waals surface area contributed by atoms with Crippen molar-refractivity contribution in [3.8, 4) is 11.8 Å². The van der Waals surface area contributed by atoms with E-state index >= 15 is 0 Å². The van der Waals surface area contributed by atoms with Gasteiger partial charge in [-0.05, 0) is 19.9 Å². The fourth-order valence-corrected chi connectivity index (χ4v) is 2.94. The Morgan fingerprint density at radius 2 is 1.97 bits per heavy atom. The number of likely N-dealkylation sites (tertiary alicyclic amines) is 1. The van der Waals surface area contributed by atoms with Gasteiger partial charge in [0.2, 0.25) is 5.95 Å². The fourth-order valence-electron chi connectivity index (χ4n) is 2.94. The molecule has 1 aliphatic heterocycles. The Morgan fingerprint density at radius 1 is 1.24 bits per heavy atom. The molecule has 11 heteroatoms. The molecule has 0 aliphatic carbocycles. The maximum Gasteiger partial charge on any atom is 0.421 e. The van der Waals surface area contributed by atoms with E-state index in [0.29, 0.717) is 17.6 Å². The molecule has 1 saturated heterocycles. The molecule has 154 valence electrons. The summed E-state index contributed by atoms with van der Waals surface area (Å²) in [5.74, 6) is -0.0775. The molecule has 0 radical (unpaired) electrons. The third-order valence-electron chi connectivity index (χ3n) is 4.50. The standard InChI is InChI=1S/C18H20F3N7O/c1-23-16-13(18(19,20)21)10-25-17(27-16)26-11-7-15(14(8-22)24-9-11)29-12-3-5-28(2)6-4-12/h7,9-10,12H,3-6H2,1-2H3,(H2,23,25,26,27). The molecule has 3 rings (SSSR count). The first kappa shape index (κ1) is 20.6. The van der Waals surface area contributed by atoms with E-state index in [1.807, 2.05) is 13.1 Å². The highest BCUT2D eigenvalue weighted by Gasteiger charge is 2.35. The Balaban J connectivity index is 1.80. The van der Waals surface area contributed by atoms with E-state index in [2.05, 4.69) is 30.5 Å². The number of halogens is 3. The number of hydrogen-bond donors (Lipinski definition) is 2. The van der Waals surface area contributed by atoms with Gasteiger partial charge in [0.15, 0.2) is 11.4 Å². The van der Waals surface area contributed by atoms with Gasteiger partial charge in [-0.25, -0.2) is 9.97 Å². The number of piperidine rings is 1. The lowest BCUT2D eigenvalue weighted by atomic mass is 10.1. The highest BCUT2D eigenvalue weighted by molar-refractivity contribution is 5.59. The van der Waals surface area contributed by atoms with Crippen LogP contribution in [0, 0.1) is 11.3 Å². The van der Waals surface area contributed by atoms with Gasteiger partial charge in [-0.3, -0.25) is 0 Å². The first-order chi connectivity index (χ1) is 13.8. The topological polar surface area (TPSA) is 99.0 Å². The molecule has 0 unspecified atom stereocenters. The van der Waals surface area contributed by atoms with Crippen LogP contribution in [0.1, 0.15) is 24.1 Å². The van der Waals surface area contributed by atoms with Crippen LogP contribution in [0.15, 0.2) is 18.5 Å². The number of ether oxygens (including phenoxy) is 1. The van der Waals surface area contributed by atoms with Crippen molar-refractivity contribution < 1.29 is 17.9 Å². The summed E-state index contributed by atoms with van der Waals surface area (Å²) >= 11 is 0. The van der Waals surface area contributed by atoms with Crippen molar-refractivity contribution in [3.05, 3.63) is 29.7 Å². The van der Waals surface area contributed by atoms with Gasteiger partial charge in [-0.1, -0.05) is 0 Å². The number of aromatic nitrogens is 3. The zero-order chi connectivity index (χ0) is 21.0. The molecule has 0 saturated carbocycles. The highest BCUT2D eigenvalue weighted by Crippen LogP contribution is 2.34. The Labute approximate surface area is 165 Å². The monoisotopic (exact) mass is 407 g/mol. The van der Waals surface area contributed by atoms with Crippen molar-refractivity contribution in [2.75, 3.05) is 37.8 Å². The molecular weight excluding hydrogens is 387 g/mol. The predicted octanol–water partition coefficient (Wildman–Crippen LogP) is 3.02. The lowest BCUT2D eigenvalue weighted by Crippen LogP contribution is -2.35. The molecule has 2 aromatic rings. The second-order valence-corrected chi connectivity index (χ2v) is 6.63. The van der Waals surface area contributed by atoms with Gasteiger partial charge >= 0.3 is 6.18 Å². The summed E-state index contributed by atoms with van der Waals surface area (Å²) in [5, 5.41) is 14.5. The van der Waals surface area contributed by atoms with Crippen molar-refractivity contribution >= 4 is 17.5 Å². The number of nitriles is 1. The van der Waals surface area contributed by atoms with Crippen LogP contribution in [0.25, 0.3) is 0 Å². The minimum atomic E-state index is -4.57. The molecule has 1 aliphatic rings. The summed E-state index contributed by atoms with van der Waals surface area (Å²) < 4.78 is 44.9. The number of pyridine rings is 1. The summed E-state index contributed by atoms with van der Waals surface area (Å²) in [4.78, 5) is 13.8. The van der Waals surface area contributed by atoms with Crippen molar-refractivity contribution in [1.29, 1.82) is 5.26 Å². The summed E-state index contributed by atoms with van der Waals surface area (Å²) in [6.07, 6.45) is -0.872. The summed E-state index contributed by atoms with van der Waals surface area (Å²) in [6, 6.07) is 3.56. The van der Waals surface area contributed by atoms with Crippen molar-refractivity contribution in [2.24, 2.45) is 0 Å². The molecule has 0 bridgehead atoms. The Bertz CT molecular complexity index is 905. The second kappa shape index (κ2) is 8.48. The molecule has 2 N–H and O–H groups in total. The smallest absolute Gasteiger partial charge is 0.421 e. The van der Waals surface area contributed by atoms with Gasteiger partial charge in [0.25, 0.3) is 0 Å². The van der Waals surface area contributed by atoms with E-state index in [-0.39, 0.29) is 23.6 Å². The quantitative estimate of drug-likeness (QED) is 0.781. The Kier molecular flexibility index (Phi) is 6.03. The van der Waals surface area contributed by atoms with E-state index in [0.717, 1.165) is 25.9 Å². The normalized spacial score (nSPS) is 15.6. The van der Waals surface area contributed by atoms with E-state index in [4.69, 9.17) is 4.74 Å². The largest absolute Gasteiger partial charge is 0.487 e. The third-order valence-corrected chi connectivity index (χ3v) is 4.50. The van der Waals surface area contributed by atoms with E-state index < -0.39 is 11.7 Å². The molecule has 0 amide bonds. The molecule has 0 atom stereocenters. The zero-order valence-corrected chi connectivity index (χ0v) is 15.9. The average Bonchev–Trinajstić information content (AvgIpc) is 2.69. The van der Waals surface area contributed by atoms with Gasteiger partial charge in [-0.15, -0.1) is 0 Å². The van der Waals surface area contributed by atoms with Crippen molar-refractivity contribution in [3.63, 3.8) is 0 Å². The zero-order valence-electron chi connectivity index (χ0n) is 15.9. The maximum atomic E-state index is 13.0. The summed E-state index contributed by atoms with van der Waals surface area (Å²) in [6.45, 7) is 1.79. The van der Waals surface area contributed by atoms with Crippen LogP contribution in [0.4, 0.5) is 30.6 Å². The highest BCUT2D eigenvalue weighted by atomic mass is 19.4. The molecule has 3 heterocycles. The number of nitrogens with one attached hydrogen (secondary N) is 2. The van der Waals surface area contributed by atoms with Crippen LogP contribution < -0.4 is 15.4 Å². The van der Waals surface area contributed by atoms with Gasteiger partial charge in [0.05, 0.1) is 11.9 Å². The number of nitrogens with zero attached hydrogens (tertiary/aromatic N) is 5. The van der Waals surface area contributed by atoms with Gasteiger partial charge in [0, 0.05) is 32.4 Å². The first-order valence-corrected chi connectivity index (χ1v) is 8.94.